The molecule has 1 aliphatic heterocycles. The summed E-state index contributed by atoms with van der Waals surface area (Å²) in [6.45, 7) is 7.55. The zero-order valence-corrected chi connectivity index (χ0v) is 10.7. The van der Waals surface area contributed by atoms with Crippen LogP contribution in [0.2, 0.25) is 0 Å². The van der Waals surface area contributed by atoms with Gasteiger partial charge in [-0.15, -0.1) is 0 Å². The number of hydrogen-bond donors (Lipinski definition) is 1. The van der Waals surface area contributed by atoms with Crippen LogP contribution in [0.25, 0.3) is 0 Å². The summed E-state index contributed by atoms with van der Waals surface area (Å²) >= 11 is 0. The molecule has 15 heavy (non-hydrogen) atoms. The van der Waals surface area contributed by atoms with E-state index in [2.05, 4.69) is 23.5 Å². The minimum absolute atomic E-state index is 0.142. The number of nitrogens with one attached hydrogen (secondary N) is 1. The van der Waals surface area contributed by atoms with E-state index in [1.54, 1.807) is 0 Å². The van der Waals surface area contributed by atoms with Crippen molar-refractivity contribution in [2.24, 2.45) is 5.92 Å². The van der Waals surface area contributed by atoms with Crippen molar-refractivity contribution in [1.29, 1.82) is 0 Å². The van der Waals surface area contributed by atoms with Crippen LogP contribution in [0.1, 0.15) is 26.7 Å². The molecule has 1 saturated heterocycles. The van der Waals surface area contributed by atoms with Crippen molar-refractivity contribution in [2.75, 3.05) is 25.9 Å². The van der Waals surface area contributed by atoms with E-state index < -0.39 is 10.0 Å². The highest BCUT2D eigenvalue weighted by atomic mass is 32.2. The Labute approximate surface area is 93.1 Å². The fraction of sp³-hybridized carbons (Fsp3) is 1.00. The lowest BCUT2D eigenvalue weighted by Crippen LogP contribution is -2.45. The van der Waals surface area contributed by atoms with E-state index in [1.807, 2.05) is 0 Å². The monoisotopic (exact) mass is 234 g/mol. The van der Waals surface area contributed by atoms with Crippen molar-refractivity contribution in [1.82, 2.24) is 9.62 Å². The number of hydrogen-bond acceptors (Lipinski definition) is 3. The molecule has 4 nitrogen and oxygen atoms in total. The number of piperidine rings is 1. The smallest absolute Gasteiger partial charge is 0.208 e. The predicted octanol–water partition coefficient (Wildman–Crippen LogP) is 0.656. The van der Waals surface area contributed by atoms with Gasteiger partial charge in [0.25, 0.3) is 0 Å². The van der Waals surface area contributed by atoms with E-state index in [9.17, 15) is 8.42 Å². The minimum Gasteiger partial charge on any atom is -0.303 e. The fourth-order valence-electron chi connectivity index (χ4n) is 2.05. The standard InChI is InChI=1S/C10H22N2O2S/c1-9(2)8-12-6-4-10(5-7-12)11-15(3,13)14/h9-11H,4-8H2,1-3H3. The third-order valence-electron chi connectivity index (χ3n) is 2.59. The molecule has 90 valence electrons. The quantitative estimate of drug-likeness (QED) is 0.777. The Bertz CT molecular complexity index is 280. The molecule has 0 aromatic rings. The van der Waals surface area contributed by atoms with Gasteiger partial charge in [0, 0.05) is 12.6 Å². The van der Waals surface area contributed by atoms with E-state index in [1.165, 1.54) is 6.26 Å². The van der Waals surface area contributed by atoms with Crippen molar-refractivity contribution in [2.45, 2.75) is 32.7 Å². The van der Waals surface area contributed by atoms with E-state index in [4.69, 9.17) is 0 Å². The van der Waals surface area contributed by atoms with Crippen LogP contribution in [0, 0.1) is 5.92 Å². The largest absolute Gasteiger partial charge is 0.303 e. The van der Waals surface area contributed by atoms with Crippen LogP contribution in [0.15, 0.2) is 0 Å². The van der Waals surface area contributed by atoms with E-state index in [0.29, 0.717) is 5.92 Å². The van der Waals surface area contributed by atoms with Gasteiger partial charge >= 0.3 is 0 Å². The molecule has 0 unspecified atom stereocenters. The van der Waals surface area contributed by atoms with Gasteiger partial charge in [0.15, 0.2) is 0 Å². The number of rotatable bonds is 4. The fourth-order valence-corrected chi connectivity index (χ4v) is 2.89. The van der Waals surface area contributed by atoms with E-state index in [0.717, 1.165) is 32.5 Å². The summed E-state index contributed by atoms with van der Waals surface area (Å²) in [5, 5.41) is 0. The Kier molecular flexibility index (Phi) is 4.55. The number of sulfonamides is 1. The van der Waals surface area contributed by atoms with Crippen LogP contribution < -0.4 is 4.72 Å². The highest BCUT2D eigenvalue weighted by Gasteiger charge is 2.21. The second-order valence-electron chi connectivity index (χ2n) is 4.86. The van der Waals surface area contributed by atoms with Gasteiger partial charge in [0.1, 0.15) is 0 Å². The molecular weight excluding hydrogens is 212 g/mol. The molecule has 0 amide bonds. The average molecular weight is 234 g/mol. The summed E-state index contributed by atoms with van der Waals surface area (Å²) in [6.07, 6.45) is 3.09. The lowest BCUT2D eigenvalue weighted by atomic mass is 10.0. The van der Waals surface area contributed by atoms with Gasteiger partial charge in [-0.1, -0.05) is 13.8 Å². The second-order valence-corrected chi connectivity index (χ2v) is 6.64. The van der Waals surface area contributed by atoms with Crippen LogP contribution in [0.5, 0.6) is 0 Å². The van der Waals surface area contributed by atoms with Crippen LogP contribution >= 0.6 is 0 Å². The molecule has 0 aromatic heterocycles. The molecule has 0 saturated carbocycles. The molecule has 0 spiro atoms. The molecule has 1 rings (SSSR count). The topological polar surface area (TPSA) is 49.4 Å². The third-order valence-corrected chi connectivity index (χ3v) is 3.35. The molecule has 1 fully saturated rings. The van der Waals surface area contributed by atoms with Crippen LogP contribution in [0.4, 0.5) is 0 Å². The van der Waals surface area contributed by atoms with E-state index in [-0.39, 0.29) is 6.04 Å². The normalized spacial score (nSPS) is 21.1. The first kappa shape index (κ1) is 12.9. The van der Waals surface area contributed by atoms with E-state index >= 15 is 0 Å². The van der Waals surface area contributed by atoms with Crippen LogP contribution in [-0.2, 0) is 10.0 Å². The first-order chi connectivity index (χ1) is 6.87. The lowest BCUT2D eigenvalue weighted by Gasteiger charge is -2.32. The highest BCUT2D eigenvalue weighted by Crippen LogP contribution is 2.12. The summed E-state index contributed by atoms with van der Waals surface area (Å²) in [4.78, 5) is 2.41. The zero-order chi connectivity index (χ0) is 11.5. The first-order valence-electron chi connectivity index (χ1n) is 5.56. The Hall–Kier alpha value is -0.130. The van der Waals surface area contributed by atoms with Gasteiger partial charge in [0.2, 0.25) is 10.0 Å². The highest BCUT2D eigenvalue weighted by molar-refractivity contribution is 7.88. The molecule has 0 bridgehead atoms. The molecule has 1 heterocycles. The Morgan fingerprint density at radius 1 is 1.33 bits per heavy atom. The number of likely N-dealkylation sites (tertiary alicyclic amines) is 1. The lowest BCUT2D eigenvalue weighted by molar-refractivity contribution is 0.188. The molecule has 0 radical (unpaired) electrons. The maximum atomic E-state index is 11.0. The molecule has 0 aliphatic carbocycles. The van der Waals surface area contributed by atoms with Gasteiger partial charge in [-0.25, -0.2) is 13.1 Å². The summed E-state index contributed by atoms with van der Waals surface area (Å²) < 4.78 is 24.7. The summed E-state index contributed by atoms with van der Waals surface area (Å²) in [5.74, 6) is 0.685. The van der Waals surface area contributed by atoms with Crippen LogP contribution in [-0.4, -0.2) is 45.2 Å². The van der Waals surface area contributed by atoms with Crippen molar-refractivity contribution < 1.29 is 8.42 Å². The van der Waals surface area contributed by atoms with Crippen LogP contribution in [0.3, 0.4) is 0 Å². The van der Waals surface area contributed by atoms with Crippen molar-refractivity contribution in [3.8, 4) is 0 Å². The molecule has 0 atom stereocenters. The SMILES string of the molecule is CC(C)CN1CCC(NS(C)(=O)=O)CC1. The molecule has 1 aliphatic rings. The van der Waals surface area contributed by atoms with Gasteiger partial charge < -0.3 is 4.90 Å². The molecule has 5 heteroatoms. The van der Waals surface area contributed by atoms with Crippen molar-refractivity contribution >= 4 is 10.0 Å². The first-order valence-corrected chi connectivity index (χ1v) is 7.45. The third kappa shape index (κ3) is 5.49. The second kappa shape index (κ2) is 5.27. The average Bonchev–Trinajstić information content (AvgIpc) is 2.05. The summed E-state index contributed by atoms with van der Waals surface area (Å²) in [5.41, 5.74) is 0. The van der Waals surface area contributed by atoms with Gasteiger partial charge in [-0.3, -0.25) is 0 Å². The van der Waals surface area contributed by atoms with Crippen molar-refractivity contribution in [3.05, 3.63) is 0 Å². The minimum atomic E-state index is -3.03. The van der Waals surface area contributed by atoms with Crippen molar-refractivity contribution in [3.63, 3.8) is 0 Å². The van der Waals surface area contributed by atoms with Gasteiger partial charge in [-0.2, -0.15) is 0 Å². The molecular formula is C10H22N2O2S. The summed E-state index contributed by atoms with van der Waals surface area (Å²) in [7, 11) is -3.03. The predicted molar refractivity (Wildman–Crippen MR) is 62.3 cm³/mol. The molecule has 1 N–H and O–H groups in total. The maximum absolute atomic E-state index is 11.0. The summed E-state index contributed by atoms with van der Waals surface area (Å²) in [6, 6.07) is 0.142. The Balaban J connectivity index is 2.30. The van der Waals surface area contributed by atoms with Gasteiger partial charge in [-0.05, 0) is 31.8 Å². The Morgan fingerprint density at radius 2 is 1.87 bits per heavy atom. The Morgan fingerprint density at radius 3 is 2.27 bits per heavy atom. The number of nitrogens with zero attached hydrogens (tertiary/aromatic N) is 1. The zero-order valence-electron chi connectivity index (χ0n) is 9.86. The van der Waals surface area contributed by atoms with Gasteiger partial charge in [0.05, 0.1) is 6.26 Å². The molecule has 0 aromatic carbocycles. The maximum Gasteiger partial charge on any atom is 0.208 e.